The minimum absolute atomic E-state index is 0.172. The van der Waals surface area contributed by atoms with Gasteiger partial charge >= 0.3 is 6.03 Å². The quantitative estimate of drug-likeness (QED) is 0.588. The lowest BCUT2D eigenvalue weighted by Crippen LogP contribution is -2.38. The molecule has 1 aromatic heterocycles. The third-order valence-electron chi connectivity index (χ3n) is 4.15. The fourth-order valence-corrected chi connectivity index (χ4v) is 3.65. The summed E-state index contributed by atoms with van der Waals surface area (Å²) < 4.78 is 6.43. The number of nitrogens with zero attached hydrogens (tertiary/aromatic N) is 2. The van der Waals surface area contributed by atoms with E-state index in [0.717, 1.165) is 21.5 Å². The summed E-state index contributed by atoms with van der Waals surface area (Å²) in [5.41, 5.74) is 1.86. The minimum Gasteiger partial charge on any atom is -0.494 e. The molecule has 152 valence electrons. The first kappa shape index (κ1) is 20.6. The Labute approximate surface area is 173 Å². The molecular weight excluding hydrogens is 388 g/mol. The number of rotatable bonds is 8. The molecule has 0 radical (unpaired) electrons. The van der Waals surface area contributed by atoms with Crippen molar-refractivity contribution in [3.63, 3.8) is 0 Å². The Kier molecular flexibility index (Phi) is 7.02. The number of carbonyl (C=O) groups excluding carboxylic acids is 2. The van der Waals surface area contributed by atoms with Crippen molar-refractivity contribution in [1.29, 1.82) is 0 Å². The van der Waals surface area contributed by atoms with Gasteiger partial charge in [-0.15, -0.1) is 0 Å². The highest BCUT2D eigenvalue weighted by atomic mass is 32.1. The number of benzene rings is 2. The molecule has 2 N–H and O–H groups in total. The molecular formula is C21H24N4O3S. The third-order valence-corrected chi connectivity index (χ3v) is 5.09. The van der Waals surface area contributed by atoms with E-state index in [-0.39, 0.29) is 24.9 Å². The average molecular weight is 413 g/mol. The number of ether oxygens (including phenoxy) is 1. The maximum atomic E-state index is 12.2. The topological polar surface area (TPSA) is 83.6 Å². The summed E-state index contributed by atoms with van der Waals surface area (Å²) in [7, 11) is 1.72. The van der Waals surface area contributed by atoms with Gasteiger partial charge in [0.25, 0.3) is 0 Å². The van der Waals surface area contributed by atoms with E-state index >= 15 is 0 Å². The zero-order valence-electron chi connectivity index (χ0n) is 16.5. The van der Waals surface area contributed by atoms with Gasteiger partial charge in [-0.1, -0.05) is 41.7 Å². The van der Waals surface area contributed by atoms with Gasteiger partial charge < -0.3 is 20.3 Å². The monoisotopic (exact) mass is 412 g/mol. The van der Waals surface area contributed by atoms with Gasteiger partial charge in [0.05, 0.1) is 16.8 Å². The van der Waals surface area contributed by atoms with Crippen molar-refractivity contribution in [2.24, 2.45) is 0 Å². The van der Waals surface area contributed by atoms with Crippen molar-refractivity contribution in [2.45, 2.75) is 19.9 Å². The van der Waals surface area contributed by atoms with Crippen molar-refractivity contribution in [3.8, 4) is 5.75 Å². The van der Waals surface area contributed by atoms with Crippen LogP contribution in [0.2, 0.25) is 0 Å². The number of hydrogen-bond acceptors (Lipinski definition) is 5. The van der Waals surface area contributed by atoms with E-state index in [9.17, 15) is 9.59 Å². The molecule has 3 rings (SSSR count). The van der Waals surface area contributed by atoms with Crippen molar-refractivity contribution < 1.29 is 14.3 Å². The van der Waals surface area contributed by atoms with Crippen LogP contribution in [-0.4, -0.2) is 42.0 Å². The summed E-state index contributed by atoms with van der Waals surface area (Å²) >= 11 is 1.39. The molecule has 0 aliphatic heterocycles. The lowest BCUT2D eigenvalue weighted by molar-refractivity contribution is -0.116. The van der Waals surface area contributed by atoms with Crippen LogP contribution in [0.1, 0.15) is 18.9 Å². The summed E-state index contributed by atoms with van der Waals surface area (Å²) in [5.74, 6) is 0.587. The average Bonchev–Trinajstić information content (AvgIpc) is 3.10. The molecule has 0 fully saturated rings. The molecule has 0 aliphatic rings. The van der Waals surface area contributed by atoms with Crippen LogP contribution in [0.3, 0.4) is 0 Å². The number of fused-ring (bicyclic) bond motifs is 1. The fraction of sp³-hybridized carbons (Fsp3) is 0.286. The van der Waals surface area contributed by atoms with Crippen molar-refractivity contribution >= 4 is 38.6 Å². The van der Waals surface area contributed by atoms with E-state index in [1.54, 1.807) is 11.9 Å². The maximum absolute atomic E-state index is 12.2. The summed E-state index contributed by atoms with van der Waals surface area (Å²) in [6.45, 7) is 3.29. The van der Waals surface area contributed by atoms with Crippen molar-refractivity contribution in [3.05, 3.63) is 54.1 Å². The highest BCUT2D eigenvalue weighted by Gasteiger charge is 2.11. The highest BCUT2D eigenvalue weighted by Crippen LogP contribution is 2.29. The predicted molar refractivity (Wildman–Crippen MR) is 115 cm³/mol. The molecule has 0 atom stereocenters. The van der Waals surface area contributed by atoms with Crippen LogP contribution >= 0.6 is 11.3 Å². The molecule has 0 spiro atoms. The van der Waals surface area contributed by atoms with Crippen LogP contribution in [0.5, 0.6) is 5.75 Å². The first-order valence-electron chi connectivity index (χ1n) is 9.41. The lowest BCUT2D eigenvalue weighted by Gasteiger charge is -2.17. The van der Waals surface area contributed by atoms with E-state index in [0.29, 0.717) is 18.3 Å². The number of anilines is 1. The SMILES string of the molecule is CCOc1ccc2nc(NC(=O)CCNC(=O)N(C)Cc3ccccc3)sc2c1. The summed E-state index contributed by atoms with van der Waals surface area (Å²) in [4.78, 5) is 30.3. The second kappa shape index (κ2) is 9.88. The largest absolute Gasteiger partial charge is 0.494 e. The first-order chi connectivity index (χ1) is 14.0. The van der Waals surface area contributed by atoms with E-state index in [1.165, 1.54) is 11.3 Å². The molecule has 0 saturated heterocycles. The molecule has 29 heavy (non-hydrogen) atoms. The number of amides is 3. The Bertz CT molecular complexity index is 974. The number of thiazole rings is 1. The van der Waals surface area contributed by atoms with Crippen LogP contribution in [0.25, 0.3) is 10.2 Å². The second-order valence-corrected chi connectivity index (χ2v) is 7.48. The Hall–Kier alpha value is -3.13. The molecule has 0 saturated carbocycles. The molecule has 0 bridgehead atoms. The summed E-state index contributed by atoms with van der Waals surface area (Å²) in [6.07, 6.45) is 0.172. The zero-order chi connectivity index (χ0) is 20.6. The molecule has 2 aromatic carbocycles. The van der Waals surface area contributed by atoms with E-state index in [1.807, 2.05) is 55.5 Å². The zero-order valence-corrected chi connectivity index (χ0v) is 17.3. The van der Waals surface area contributed by atoms with Gasteiger partial charge in [-0.3, -0.25) is 4.79 Å². The van der Waals surface area contributed by atoms with E-state index < -0.39 is 0 Å². The Morgan fingerprint density at radius 3 is 2.72 bits per heavy atom. The lowest BCUT2D eigenvalue weighted by atomic mass is 10.2. The highest BCUT2D eigenvalue weighted by molar-refractivity contribution is 7.22. The number of aromatic nitrogens is 1. The van der Waals surface area contributed by atoms with Crippen LogP contribution in [0, 0.1) is 0 Å². The standard InChI is InChI=1S/C21H24N4O3S/c1-3-28-16-9-10-17-18(13-16)29-20(23-17)24-19(26)11-12-22-21(27)25(2)14-15-7-5-4-6-8-15/h4-10,13H,3,11-12,14H2,1-2H3,(H,22,27)(H,23,24,26). The number of carbonyl (C=O) groups is 2. The van der Waals surface area contributed by atoms with E-state index in [2.05, 4.69) is 15.6 Å². The Morgan fingerprint density at radius 2 is 1.97 bits per heavy atom. The van der Waals surface area contributed by atoms with Gasteiger partial charge in [0, 0.05) is 26.6 Å². The molecule has 7 nitrogen and oxygen atoms in total. The molecule has 1 heterocycles. The number of hydrogen-bond donors (Lipinski definition) is 2. The normalized spacial score (nSPS) is 10.6. The van der Waals surface area contributed by atoms with Crippen molar-refractivity contribution in [1.82, 2.24) is 15.2 Å². The predicted octanol–water partition coefficient (Wildman–Crippen LogP) is 3.87. The number of urea groups is 1. The molecule has 0 unspecified atom stereocenters. The minimum atomic E-state index is -0.218. The van der Waals surface area contributed by atoms with E-state index in [4.69, 9.17) is 4.74 Å². The third kappa shape index (κ3) is 5.92. The molecule has 3 aromatic rings. The first-order valence-corrected chi connectivity index (χ1v) is 10.2. The maximum Gasteiger partial charge on any atom is 0.317 e. The number of nitrogens with one attached hydrogen (secondary N) is 2. The molecule has 0 aliphatic carbocycles. The second-order valence-electron chi connectivity index (χ2n) is 6.45. The van der Waals surface area contributed by atoms with Crippen LogP contribution in [0.15, 0.2) is 48.5 Å². The van der Waals surface area contributed by atoms with Crippen LogP contribution in [-0.2, 0) is 11.3 Å². The fourth-order valence-electron chi connectivity index (χ4n) is 2.74. The van der Waals surface area contributed by atoms with Gasteiger partial charge in [-0.05, 0) is 30.7 Å². The van der Waals surface area contributed by atoms with Gasteiger partial charge in [0.1, 0.15) is 5.75 Å². The summed E-state index contributed by atoms with van der Waals surface area (Å²) in [6, 6.07) is 15.2. The van der Waals surface area contributed by atoms with Crippen LogP contribution < -0.4 is 15.4 Å². The van der Waals surface area contributed by atoms with Crippen LogP contribution in [0.4, 0.5) is 9.93 Å². The Balaban J connectivity index is 1.44. The van der Waals surface area contributed by atoms with Gasteiger partial charge in [0.2, 0.25) is 5.91 Å². The van der Waals surface area contributed by atoms with Gasteiger partial charge in [-0.2, -0.15) is 0 Å². The van der Waals surface area contributed by atoms with Gasteiger partial charge in [-0.25, -0.2) is 9.78 Å². The molecule has 3 amide bonds. The summed E-state index contributed by atoms with van der Waals surface area (Å²) in [5, 5.41) is 6.08. The molecule has 8 heteroatoms. The van der Waals surface area contributed by atoms with Crippen molar-refractivity contribution in [2.75, 3.05) is 25.5 Å². The Morgan fingerprint density at radius 1 is 1.17 bits per heavy atom. The smallest absolute Gasteiger partial charge is 0.317 e. The van der Waals surface area contributed by atoms with Gasteiger partial charge in [0.15, 0.2) is 5.13 Å².